The van der Waals surface area contributed by atoms with Crippen molar-refractivity contribution in [1.29, 1.82) is 0 Å². The summed E-state index contributed by atoms with van der Waals surface area (Å²) in [5, 5.41) is 1.91. The highest BCUT2D eigenvalue weighted by molar-refractivity contribution is 6.09. The SMILES string of the molecule is [2H]C([2H])([2H])c1ccc(-c2cccc3c2oc2ccccc23)cc1C([2H])([2H])[2H]. The van der Waals surface area contributed by atoms with Crippen molar-refractivity contribution in [2.75, 3.05) is 0 Å². The van der Waals surface area contributed by atoms with Crippen molar-refractivity contribution in [3.63, 3.8) is 0 Å². The van der Waals surface area contributed by atoms with Gasteiger partial charge in [-0.2, -0.15) is 0 Å². The summed E-state index contributed by atoms with van der Waals surface area (Å²) in [6, 6.07) is 17.8. The van der Waals surface area contributed by atoms with E-state index in [1.54, 1.807) is 6.07 Å². The lowest BCUT2D eigenvalue weighted by atomic mass is 9.99. The molecule has 1 nitrogen and oxygen atoms in total. The van der Waals surface area contributed by atoms with Gasteiger partial charge >= 0.3 is 0 Å². The van der Waals surface area contributed by atoms with Gasteiger partial charge in [-0.15, -0.1) is 0 Å². The molecule has 4 aromatic rings. The summed E-state index contributed by atoms with van der Waals surface area (Å²) in [5.74, 6) is 0. The van der Waals surface area contributed by atoms with Crippen molar-refractivity contribution in [1.82, 2.24) is 0 Å². The Hall–Kier alpha value is -2.54. The second-order valence-corrected chi connectivity index (χ2v) is 5.04. The van der Waals surface area contributed by atoms with Crippen molar-refractivity contribution in [2.45, 2.75) is 13.7 Å². The van der Waals surface area contributed by atoms with Crippen LogP contribution in [0.2, 0.25) is 0 Å². The molecule has 0 amide bonds. The minimum Gasteiger partial charge on any atom is -0.455 e. The van der Waals surface area contributed by atoms with E-state index < -0.39 is 13.7 Å². The molecule has 0 spiro atoms. The van der Waals surface area contributed by atoms with Gasteiger partial charge in [0.15, 0.2) is 0 Å². The van der Waals surface area contributed by atoms with Gasteiger partial charge < -0.3 is 4.42 Å². The van der Waals surface area contributed by atoms with Crippen molar-refractivity contribution >= 4 is 21.9 Å². The Morgan fingerprint density at radius 3 is 2.57 bits per heavy atom. The van der Waals surface area contributed by atoms with Gasteiger partial charge in [0, 0.05) is 24.6 Å². The summed E-state index contributed by atoms with van der Waals surface area (Å²) < 4.78 is 52.2. The number of para-hydroxylation sites is 2. The molecule has 102 valence electrons. The lowest BCUT2D eigenvalue weighted by Crippen LogP contribution is -1.84. The molecular weight excluding hydrogens is 256 g/mol. The fourth-order valence-electron chi connectivity index (χ4n) is 2.69. The van der Waals surface area contributed by atoms with Crippen LogP contribution in [0.15, 0.2) is 65.1 Å². The van der Waals surface area contributed by atoms with Crippen molar-refractivity contribution < 1.29 is 12.6 Å². The maximum absolute atomic E-state index is 7.76. The van der Waals surface area contributed by atoms with Crippen LogP contribution in [0.4, 0.5) is 0 Å². The number of rotatable bonds is 1. The van der Waals surface area contributed by atoms with Gasteiger partial charge in [0.25, 0.3) is 0 Å². The predicted octanol–water partition coefficient (Wildman–Crippen LogP) is 5.87. The van der Waals surface area contributed by atoms with E-state index in [9.17, 15) is 0 Å². The Bertz CT molecular complexity index is 1150. The molecular formula is C20H16O. The Morgan fingerprint density at radius 2 is 1.67 bits per heavy atom. The molecule has 0 unspecified atom stereocenters. The number of aryl methyl sites for hydroxylation is 2. The van der Waals surface area contributed by atoms with Crippen LogP contribution in [-0.4, -0.2) is 0 Å². The molecule has 3 aromatic carbocycles. The number of hydrogen-bond donors (Lipinski definition) is 0. The second kappa shape index (κ2) is 4.49. The molecule has 4 rings (SSSR count). The Morgan fingerprint density at radius 1 is 0.810 bits per heavy atom. The molecule has 0 aliphatic heterocycles. The molecule has 0 N–H and O–H groups in total. The summed E-state index contributed by atoms with van der Waals surface area (Å²) >= 11 is 0. The van der Waals surface area contributed by atoms with Gasteiger partial charge in [-0.25, -0.2) is 0 Å². The first-order valence-electron chi connectivity index (χ1n) is 9.72. The molecule has 1 heterocycles. The lowest BCUT2D eigenvalue weighted by Gasteiger charge is -2.06. The molecule has 21 heavy (non-hydrogen) atoms. The Labute approximate surface area is 132 Å². The molecule has 1 heteroatoms. The van der Waals surface area contributed by atoms with Crippen LogP contribution in [0.1, 0.15) is 19.4 Å². The zero-order valence-electron chi connectivity index (χ0n) is 17.2. The molecule has 0 fully saturated rings. The minimum absolute atomic E-state index is 0.150. The predicted molar refractivity (Wildman–Crippen MR) is 88.6 cm³/mol. The van der Waals surface area contributed by atoms with E-state index in [0.29, 0.717) is 11.1 Å². The van der Waals surface area contributed by atoms with E-state index in [-0.39, 0.29) is 11.1 Å². The van der Waals surface area contributed by atoms with Gasteiger partial charge in [-0.1, -0.05) is 54.6 Å². The molecule has 0 aliphatic carbocycles. The average Bonchev–Trinajstić information content (AvgIpc) is 2.98. The van der Waals surface area contributed by atoms with E-state index in [1.807, 2.05) is 42.5 Å². The number of fused-ring (bicyclic) bond motifs is 3. The molecule has 0 atom stereocenters. The first kappa shape index (κ1) is 7.46. The summed E-state index contributed by atoms with van der Waals surface area (Å²) in [4.78, 5) is 0. The maximum atomic E-state index is 7.76. The number of hydrogen-bond acceptors (Lipinski definition) is 1. The molecule has 0 saturated carbocycles. The summed E-state index contributed by atoms with van der Waals surface area (Å²) in [6.45, 7) is -5.02. The Kier molecular flexibility index (Phi) is 1.60. The number of furan rings is 1. The molecule has 1 aromatic heterocycles. The lowest BCUT2D eigenvalue weighted by molar-refractivity contribution is 0.670. The van der Waals surface area contributed by atoms with E-state index in [2.05, 4.69) is 0 Å². The van der Waals surface area contributed by atoms with Crippen molar-refractivity contribution in [2.24, 2.45) is 0 Å². The third-order valence-corrected chi connectivity index (χ3v) is 3.73. The second-order valence-electron chi connectivity index (χ2n) is 5.04. The van der Waals surface area contributed by atoms with E-state index in [0.717, 1.165) is 21.9 Å². The van der Waals surface area contributed by atoms with Crippen molar-refractivity contribution in [3.8, 4) is 11.1 Å². The highest BCUT2D eigenvalue weighted by Crippen LogP contribution is 2.35. The topological polar surface area (TPSA) is 13.1 Å². The van der Waals surface area contributed by atoms with Crippen LogP contribution in [0.3, 0.4) is 0 Å². The van der Waals surface area contributed by atoms with Crippen molar-refractivity contribution in [3.05, 3.63) is 71.8 Å². The fraction of sp³-hybridized carbons (Fsp3) is 0.100. The van der Waals surface area contributed by atoms with Gasteiger partial charge in [0.2, 0.25) is 0 Å². The van der Waals surface area contributed by atoms with Crippen LogP contribution < -0.4 is 0 Å². The standard InChI is InChI=1S/C20H16O/c1-13-10-11-15(12-14(13)2)16-7-5-8-18-17-6-3-4-9-19(17)21-20(16)18/h3-12H,1-2H3/i1D3,2D3. The molecule has 0 radical (unpaired) electrons. The van der Waals surface area contributed by atoms with E-state index >= 15 is 0 Å². The fourth-order valence-corrected chi connectivity index (χ4v) is 2.69. The van der Waals surface area contributed by atoms with Crippen LogP contribution in [0, 0.1) is 13.7 Å². The quantitative estimate of drug-likeness (QED) is 0.424. The zero-order valence-corrected chi connectivity index (χ0v) is 11.2. The monoisotopic (exact) mass is 278 g/mol. The van der Waals surface area contributed by atoms with Crippen LogP contribution in [-0.2, 0) is 0 Å². The highest BCUT2D eigenvalue weighted by atomic mass is 16.3. The van der Waals surface area contributed by atoms with Gasteiger partial charge in [0.05, 0.1) is 0 Å². The van der Waals surface area contributed by atoms with Gasteiger partial charge in [-0.3, -0.25) is 0 Å². The van der Waals surface area contributed by atoms with Crippen LogP contribution in [0.5, 0.6) is 0 Å². The third-order valence-electron chi connectivity index (χ3n) is 3.73. The third kappa shape index (κ3) is 1.85. The van der Waals surface area contributed by atoms with E-state index in [1.165, 1.54) is 12.1 Å². The first-order valence-corrected chi connectivity index (χ1v) is 6.72. The minimum atomic E-state index is -2.53. The maximum Gasteiger partial charge on any atom is 0.143 e. The van der Waals surface area contributed by atoms with Crippen LogP contribution >= 0.6 is 0 Å². The summed E-state index contributed by atoms with van der Waals surface area (Å²) in [5.41, 5.74) is 2.42. The first-order chi connectivity index (χ1) is 12.7. The highest BCUT2D eigenvalue weighted by Gasteiger charge is 2.11. The molecule has 0 saturated heterocycles. The Balaban J connectivity index is 1.99. The molecule has 0 aliphatic rings. The molecule has 0 bridgehead atoms. The summed E-state index contributed by atoms with van der Waals surface area (Å²) in [7, 11) is 0. The summed E-state index contributed by atoms with van der Waals surface area (Å²) in [6.07, 6.45) is 0. The largest absolute Gasteiger partial charge is 0.455 e. The zero-order chi connectivity index (χ0) is 19.4. The van der Waals surface area contributed by atoms with E-state index in [4.69, 9.17) is 12.6 Å². The smallest absolute Gasteiger partial charge is 0.143 e. The van der Waals surface area contributed by atoms with Crippen LogP contribution in [0.25, 0.3) is 33.1 Å². The van der Waals surface area contributed by atoms with Gasteiger partial charge in [-0.05, 0) is 36.5 Å². The number of benzene rings is 3. The average molecular weight is 278 g/mol. The van der Waals surface area contributed by atoms with Gasteiger partial charge in [0.1, 0.15) is 11.2 Å². The normalized spacial score (nSPS) is 16.8.